The quantitative estimate of drug-likeness (QED) is 0.785. The Balaban J connectivity index is 2.27. The standard InChI is InChI=1S/C14H10N2O2/c17-11-5-6-12(18)14(10-4-2-8-16-10)13(11)9-3-1-7-15-9/h1-8,15-16H. The summed E-state index contributed by atoms with van der Waals surface area (Å²) in [5.74, 6) is -0.330. The number of hydrogen-bond donors (Lipinski definition) is 2. The fourth-order valence-electron chi connectivity index (χ4n) is 2.07. The minimum atomic E-state index is -0.165. The van der Waals surface area contributed by atoms with Gasteiger partial charge in [0.2, 0.25) is 0 Å². The van der Waals surface area contributed by atoms with Gasteiger partial charge in [0.15, 0.2) is 11.6 Å². The Morgan fingerprint density at radius 3 is 1.50 bits per heavy atom. The monoisotopic (exact) mass is 238 g/mol. The van der Waals surface area contributed by atoms with Gasteiger partial charge in [0.1, 0.15) is 0 Å². The summed E-state index contributed by atoms with van der Waals surface area (Å²) in [4.78, 5) is 30.0. The van der Waals surface area contributed by atoms with E-state index in [9.17, 15) is 9.59 Å². The summed E-state index contributed by atoms with van der Waals surface area (Å²) in [7, 11) is 0. The van der Waals surface area contributed by atoms with Gasteiger partial charge in [-0.1, -0.05) is 0 Å². The van der Waals surface area contributed by atoms with Crippen molar-refractivity contribution < 1.29 is 9.59 Å². The van der Waals surface area contributed by atoms with Crippen LogP contribution < -0.4 is 0 Å². The molecule has 0 spiro atoms. The number of H-pyrrole nitrogens is 2. The Labute approximate surface area is 103 Å². The number of carbonyl (C=O) groups excluding carboxylic acids is 2. The van der Waals surface area contributed by atoms with E-state index in [0.717, 1.165) is 0 Å². The van der Waals surface area contributed by atoms with E-state index >= 15 is 0 Å². The smallest absolute Gasteiger partial charge is 0.188 e. The van der Waals surface area contributed by atoms with Gasteiger partial charge in [-0.25, -0.2) is 0 Å². The van der Waals surface area contributed by atoms with E-state index in [1.165, 1.54) is 12.2 Å². The normalized spacial score (nSPS) is 15.6. The zero-order chi connectivity index (χ0) is 12.5. The number of ketones is 2. The lowest BCUT2D eigenvalue weighted by molar-refractivity contribution is -0.112. The van der Waals surface area contributed by atoms with Gasteiger partial charge >= 0.3 is 0 Å². The van der Waals surface area contributed by atoms with Crippen LogP contribution in [0.4, 0.5) is 0 Å². The first kappa shape index (κ1) is 10.5. The molecule has 88 valence electrons. The largest absolute Gasteiger partial charge is 0.361 e. The van der Waals surface area contributed by atoms with Crippen LogP contribution in [0.25, 0.3) is 11.1 Å². The van der Waals surface area contributed by atoms with Gasteiger partial charge in [-0.3, -0.25) is 9.59 Å². The zero-order valence-corrected chi connectivity index (χ0v) is 9.44. The summed E-state index contributed by atoms with van der Waals surface area (Å²) < 4.78 is 0. The highest BCUT2D eigenvalue weighted by atomic mass is 16.1. The lowest BCUT2D eigenvalue weighted by Crippen LogP contribution is -2.13. The van der Waals surface area contributed by atoms with Crippen molar-refractivity contribution >= 4 is 22.7 Å². The second-order valence-electron chi connectivity index (χ2n) is 3.98. The molecule has 3 rings (SSSR count). The molecule has 0 aliphatic heterocycles. The molecule has 2 N–H and O–H groups in total. The maximum atomic E-state index is 12.0. The molecular formula is C14H10N2O2. The van der Waals surface area contributed by atoms with Gasteiger partial charge < -0.3 is 9.97 Å². The minimum absolute atomic E-state index is 0.165. The molecule has 4 heteroatoms. The van der Waals surface area contributed by atoms with Crippen LogP contribution in [0.5, 0.6) is 0 Å². The first-order valence-corrected chi connectivity index (χ1v) is 5.56. The average molecular weight is 238 g/mol. The van der Waals surface area contributed by atoms with Crippen LogP contribution in [0.15, 0.2) is 48.8 Å². The Morgan fingerprint density at radius 2 is 1.17 bits per heavy atom. The Bertz CT molecular complexity index is 600. The molecule has 4 nitrogen and oxygen atoms in total. The highest BCUT2D eigenvalue weighted by molar-refractivity contribution is 6.47. The molecule has 0 saturated heterocycles. The van der Waals surface area contributed by atoms with Gasteiger partial charge in [0.05, 0.1) is 22.5 Å². The Morgan fingerprint density at radius 1 is 0.722 bits per heavy atom. The fourth-order valence-corrected chi connectivity index (χ4v) is 2.07. The van der Waals surface area contributed by atoms with Crippen LogP contribution in [-0.2, 0) is 9.59 Å². The molecule has 0 bridgehead atoms. The van der Waals surface area contributed by atoms with E-state index in [4.69, 9.17) is 0 Å². The van der Waals surface area contributed by atoms with Crippen LogP contribution in [0.2, 0.25) is 0 Å². The summed E-state index contributed by atoms with van der Waals surface area (Å²) in [6, 6.07) is 7.15. The van der Waals surface area contributed by atoms with Gasteiger partial charge in [0.25, 0.3) is 0 Å². The third-order valence-electron chi connectivity index (χ3n) is 2.86. The number of aromatic nitrogens is 2. The van der Waals surface area contributed by atoms with Crippen molar-refractivity contribution in [2.75, 3.05) is 0 Å². The molecule has 0 unspecified atom stereocenters. The van der Waals surface area contributed by atoms with Crippen LogP contribution in [0.3, 0.4) is 0 Å². The highest BCUT2D eigenvalue weighted by Crippen LogP contribution is 2.29. The number of carbonyl (C=O) groups is 2. The summed E-state index contributed by atoms with van der Waals surface area (Å²) in [6.07, 6.45) is 6.07. The maximum Gasteiger partial charge on any atom is 0.188 e. The second-order valence-corrected chi connectivity index (χ2v) is 3.98. The molecular weight excluding hydrogens is 228 g/mol. The number of rotatable bonds is 2. The molecule has 0 radical (unpaired) electrons. The first-order chi connectivity index (χ1) is 8.77. The number of hydrogen-bond acceptors (Lipinski definition) is 2. The molecule has 0 saturated carbocycles. The lowest BCUT2D eigenvalue weighted by atomic mass is 9.91. The van der Waals surface area contributed by atoms with Crippen molar-refractivity contribution in [3.63, 3.8) is 0 Å². The van der Waals surface area contributed by atoms with Crippen molar-refractivity contribution in [2.24, 2.45) is 0 Å². The van der Waals surface area contributed by atoms with Gasteiger partial charge in [-0.15, -0.1) is 0 Å². The summed E-state index contributed by atoms with van der Waals surface area (Å²) in [6.45, 7) is 0. The van der Waals surface area contributed by atoms with Crippen LogP contribution >= 0.6 is 0 Å². The molecule has 0 aromatic carbocycles. The number of aromatic amines is 2. The third-order valence-corrected chi connectivity index (χ3v) is 2.86. The predicted octanol–water partition coefficient (Wildman–Crippen LogP) is 1.96. The maximum absolute atomic E-state index is 12.0. The summed E-state index contributed by atoms with van der Waals surface area (Å²) in [5.41, 5.74) is 2.13. The Kier molecular flexibility index (Phi) is 2.34. The van der Waals surface area contributed by atoms with Crippen molar-refractivity contribution in [3.05, 3.63) is 60.2 Å². The average Bonchev–Trinajstić information content (AvgIpc) is 3.02. The van der Waals surface area contributed by atoms with Gasteiger partial charge in [-0.05, 0) is 36.4 Å². The van der Waals surface area contributed by atoms with E-state index < -0.39 is 0 Å². The molecule has 2 heterocycles. The van der Waals surface area contributed by atoms with E-state index in [1.807, 2.05) is 0 Å². The molecule has 0 atom stereocenters. The highest BCUT2D eigenvalue weighted by Gasteiger charge is 2.26. The molecule has 2 aromatic heterocycles. The van der Waals surface area contributed by atoms with Crippen LogP contribution in [-0.4, -0.2) is 21.5 Å². The molecule has 0 amide bonds. The van der Waals surface area contributed by atoms with Crippen molar-refractivity contribution in [1.29, 1.82) is 0 Å². The van der Waals surface area contributed by atoms with Crippen molar-refractivity contribution in [3.8, 4) is 0 Å². The van der Waals surface area contributed by atoms with Gasteiger partial charge in [-0.2, -0.15) is 0 Å². The van der Waals surface area contributed by atoms with Crippen LogP contribution in [0, 0.1) is 0 Å². The third kappa shape index (κ3) is 1.55. The van der Waals surface area contributed by atoms with E-state index in [2.05, 4.69) is 9.97 Å². The molecule has 1 aliphatic rings. The SMILES string of the molecule is O=C1C=CC(=O)C(c2ccc[nH]2)=C1c1ccc[nH]1. The van der Waals surface area contributed by atoms with E-state index in [-0.39, 0.29) is 11.6 Å². The van der Waals surface area contributed by atoms with Crippen molar-refractivity contribution in [1.82, 2.24) is 9.97 Å². The summed E-state index contributed by atoms with van der Waals surface area (Å²) >= 11 is 0. The topological polar surface area (TPSA) is 65.7 Å². The van der Waals surface area contributed by atoms with E-state index in [0.29, 0.717) is 22.5 Å². The first-order valence-electron chi connectivity index (χ1n) is 5.56. The number of nitrogens with one attached hydrogen (secondary N) is 2. The second kappa shape index (κ2) is 4.00. The molecule has 18 heavy (non-hydrogen) atoms. The van der Waals surface area contributed by atoms with Crippen LogP contribution in [0.1, 0.15) is 11.4 Å². The predicted molar refractivity (Wildman–Crippen MR) is 67.6 cm³/mol. The molecule has 0 fully saturated rings. The van der Waals surface area contributed by atoms with Crippen molar-refractivity contribution in [2.45, 2.75) is 0 Å². The number of allylic oxidation sites excluding steroid dienone is 4. The van der Waals surface area contributed by atoms with E-state index in [1.54, 1.807) is 36.7 Å². The minimum Gasteiger partial charge on any atom is -0.361 e. The summed E-state index contributed by atoms with van der Waals surface area (Å²) in [5, 5.41) is 0. The fraction of sp³-hybridized carbons (Fsp3) is 0. The van der Waals surface area contributed by atoms with Gasteiger partial charge in [0, 0.05) is 12.4 Å². The molecule has 2 aromatic rings. The zero-order valence-electron chi connectivity index (χ0n) is 9.44. The molecule has 1 aliphatic carbocycles. The Hall–Kier alpha value is -2.62. The lowest BCUT2D eigenvalue weighted by Gasteiger charge is -2.12.